The topological polar surface area (TPSA) is 101 Å². The molecule has 14 heteroatoms. The first kappa shape index (κ1) is 21.1. The summed E-state index contributed by atoms with van der Waals surface area (Å²) in [6.07, 6.45) is -3.24. The van der Waals surface area contributed by atoms with E-state index in [-0.39, 0.29) is 40.3 Å². The minimum Gasteiger partial charge on any atom is -0.347 e. The Hall–Kier alpha value is -4.23. The SMILES string of the molecule is O=C1Nc2nc(-c3cn4ncnc4c(CCC(F)(F)F)n3)nc3c2C1(c1ccc(F)c(F)c1)C1CN31. The maximum Gasteiger partial charge on any atom is 0.389 e. The molecule has 2 atom stereocenters. The van der Waals surface area contributed by atoms with Gasteiger partial charge in [-0.05, 0) is 17.7 Å². The van der Waals surface area contributed by atoms with Crippen molar-refractivity contribution in [3.8, 4) is 11.5 Å². The highest BCUT2D eigenvalue weighted by molar-refractivity contribution is 6.13. The van der Waals surface area contributed by atoms with Crippen LogP contribution in [0.15, 0.2) is 30.7 Å². The zero-order chi connectivity index (χ0) is 25.0. The number of carbonyl (C=O) groups excluding carboxylic acids is 1. The molecule has 1 N–H and O–H groups in total. The van der Waals surface area contributed by atoms with Crippen molar-refractivity contribution < 1.29 is 26.7 Å². The van der Waals surface area contributed by atoms with Crippen molar-refractivity contribution >= 4 is 23.2 Å². The van der Waals surface area contributed by atoms with Crippen molar-refractivity contribution in [3.05, 3.63) is 59.2 Å². The molecule has 2 unspecified atom stereocenters. The predicted molar refractivity (Wildman–Crippen MR) is 113 cm³/mol. The number of aryl methyl sites for hydroxylation is 1. The van der Waals surface area contributed by atoms with Crippen LogP contribution in [0, 0.1) is 11.6 Å². The van der Waals surface area contributed by atoms with Crippen LogP contribution in [0.25, 0.3) is 17.2 Å². The number of carbonyl (C=O) groups is 1. The number of fused-ring (bicyclic) bond motifs is 4. The van der Waals surface area contributed by atoms with Crippen molar-refractivity contribution in [2.24, 2.45) is 0 Å². The van der Waals surface area contributed by atoms with E-state index in [4.69, 9.17) is 0 Å². The van der Waals surface area contributed by atoms with Crippen LogP contribution in [-0.2, 0) is 16.6 Å². The van der Waals surface area contributed by atoms with E-state index in [0.717, 1.165) is 12.1 Å². The summed E-state index contributed by atoms with van der Waals surface area (Å²) in [5, 5.41) is 6.74. The molecule has 1 saturated heterocycles. The average Bonchev–Trinajstić information content (AvgIpc) is 3.23. The third kappa shape index (κ3) is 2.74. The van der Waals surface area contributed by atoms with Crippen molar-refractivity contribution in [1.82, 2.24) is 29.5 Å². The van der Waals surface area contributed by atoms with Gasteiger partial charge in [0.2, 0.25) is 5.91 Å². The second-order valence-electron chi connectivity index (χ2n) is 8.87. The molecule has 9 nitrogen and oxygen atoms in total. The largest absolute Gasteiger partial charge is 0.389 e. The first-order valence-electron chi connectivity index (χ1n) is 10.9. The van der Waals surface area contributed by atoms with E-state index in [1.54, 1.807) is 0 Å². The highest BCUT2D eigenvalue weighted by Gasteiger charge is 2.69. The van der Waals surface area contributed by atoms with Crippen LogP contribution < -0.4 is 10.2 Å². The minimum absolute atomic E-state index is 0.0725. The van der Waals surface area contributed by atoms with Gasteiger partial charge in [-0.25, -0.2) is 33.2 Å². The first-order chi connectivity index (χ1) is 17.2. The number of nitrogens with zero attached hydrogens (tertiary/aromatic N) is 7. The van der Waals surface area contributed by atoms with Crippen LogP contribution >= 0.6 is 0 Å². The zero-order valence-electron chi connectivity index (χ0n) is 18.0. The number of halogens is 5. The van der Waals surface area contributed by atoms with Gasteiger partial charge in [0.15, 0.2) is 23.1 Å². The van der Waals surface area contributed by atoms with Crippen LogP contribution in [0.3, 0.4) is 0 Å². The van der Waals surface area contributed by atoms with Crippen LogP contribution in [0.5, 0.6) is 0 Å². The van der Waals surface area contributed by atoms with Crippen LogP contribution in [0.4, 0.5) is 33.6 Å². The Morgan fingerprint density at radius 2 is 1.97 bits per heavy atom. The molecule has 0 saturated carbocycles. The number of hydrogen-bond donors (Lipinski definition) is 1. The number of benzene rings is 1. The fourth-order valence-electron chi connectivity index (χ4n) is 5.24. The van der Waals surface area contributed by atoms with Crippen molar-refractivity contribution in [2.75, 3.05) is 16.8 Å². The minimum atomic E-state index is -4.38. The third-order valence-corrected chi connectivity index (χ3v) is 6.84. The lowest BCUT2D eigenvalue weighted by Gasteiger charge is -2.23. The Bertz CT molecular complexity index is 1620. The molecule has 0 aliphatic carbocycles. The molecule has 4 aromatic rings. The molecule has 3 aromatic heterocycles. The second-order valence-corrected chi connectivity index (χ2v) is 8.87. The van der Waals surface area contributed by atoms with Gasteiger partial charge in [-0.3, -0.25) is 4.79 Å². The second kappa shape index (κ2) is 6.71. The number of anilines is 2. The summed E-state index contributed by atoms with van der Waals surface area (Å²) in [5.74, 6) is -1.84. The Morgan fingerprint density at radius 3 is 2.75 bits per heavy atom. The van der Waals surface area contributed by atoms with Gasteiger partial charge >= 0.3 is 6.18 Å². The average molecular weight is 500 g/mol. The zero-order valence-corrected chi connectivity index (χ0v) is 18.0. The van der Waals surface area contributed by atoms with Crippen molar-refractivity contribution in [3.63, 3.8) is 0 Å². The molecule has 0 radical (unpaired) electrons. The molecule has 1 fully saturated rings. The lowest BCUT2D eigenvalue weighted by atomic mass is 9.74. The molecular formula is C22H13F5N8O. The van der Waals surface area contributed by atoms with Gasteiger partial charge in [0.05, 0.1) is 23.5 Å². The lowest BCUT2D eigenvalue weighted by molar-refractivity contribution is -0.134. The number of alkyl halides is 3. The Morgan fingerprint density at radius 1 is 1.14 bits per heavy atom. The molecule has 1 amide bonds. The summed E-state index contributed by atoms with van der Waals surface area (Å²) < 4.78 is 67.6. The smallest absolute Gasteiger partial charge is 0.347 e. The van der Waals surface area contributed by atoms with E-state index in [1.165, 1.54) is 23.1 Å². The number of amides is 1. The molecule has 3 aliphatic rings. The van der Waals surface area contributed by atoms with Gasteiger partial charge in [0.25, 0.3) is 0 Å². The standard InChI is InChI=1S/C22H13F5N8O/c23-10-2-1-9(5-11(10)24)22-14-7-34(14)19-15(22)17(33-20(22)36)31-16(32-19)13-6-35-18(28-8-29-35)12(30-13)3-4-21(25,26)27/h1-2,5-6,8,14H,3-4,7H2,(H,31,32,33,36). The van der Waals surface area contributed by atoms with E-state index in [0.29, 0.717) is 17.9 Å². The van der Waals surface area contributed by atoms with E-state index in [1.807, 2.05) is 4.90 Å². The monoisotopic (exact) mass is 500 g/mol. The summed E-state index contributed by atoms with van der Waals surface area (Å²) in [6.45, 7) is 0.460. The Kier molecular flexibility index (Phi) is 3.93. The lowest BCUT2D eigenvalue weighted by Crippen LogP contribution is -2.40. The molecule has 0 spiro atoms. The van der Waals surface area contributed by atoms with Gasteiger partial charge in [-0.1, -0.05) is 6.07 Å². The van der Waals surface area contributed by atoms with Crippen molar-refractivity contribution in [2.45, 2.75) is 30.5 Å². The summed E-state index contributed by atoms with van der Waals surface area (Å²) in [5.41, 5.74) is -0.139. The normalized spacial score (nSPS) is 21.6. The van der Waals surface area contributed by atoms with Crippen LogP contribution in [0.1, 0.15) is 23.2 Å². The molecule has 7 rings (SSSR count). The van der Waals surface area contributed by atoms with E-state index in [2.05, 4.69) is 30.4 Å². The molecule has 182 valence electrons. The van der Waals surface area contributed by atoms with Crippen LogP contribution in [-0.4, -0.2) is 54.2 Å². The number of rotatable bonds is 4. The third-order valence-electron chi connectivity index (χ3n) is 6.84. The van der Waals surface area contributed by atoms with E-state index in [9.17, 15) is 26.7 Å². The van der Waals surface area contributed by atoms with Crippen LogP contribution in [0.2, 0.25) is 0 Å². The van der Waals surface area contributed by atoms with E-state index < -0.39 is 42.0 Å². The first-order valence-corrected chi connectivity index (χ1v) is 10.9. The fraction of sp³-hybridized carbons (Fsp3) is 0.273. The molecule has 36 heavy (non-hydrogen) atoms. The summed E-state index contributed by atoms with van der Waals surface area (Å²) in [4.78, 5) is 32.5. The highest BCUT2D eigenvalue weighted by atomic mass is 19.4. The Balaban J connectivity index is 1.37. The van der Waals surface area contributed by atoms with Gasteiger partial charge < -0.3 is 10.2 Å². The molecular weight excluding hydrogens is 487 g/mol. The number of hydrogen-bond acceptors (Lipinski definition) is 7. The van der Waals surface area contributed by atoms with Crippen molar-refractivity contribution in [1.29, 1.82) is 0 Å². The van der Waals surface area contributed by atoms with E-state index >= 15 is 0 Å². The summed E-state index contributed by atoms with van der Waals surface area (Å²) in [7, 11) is 0. The maximum absolute atomic E-state index is 14.1. The highest BCUT2D eigenvalue weighted by Crippen LogP contribution is 2.60. The molecule has 3 aliphatic heterocycles. The maximum atomic E-state index is 14.1. The Labute approximate surface area is 198 Å². The quantitative estimate of drug-likeness (QED) is 0.340. The number of aromatic nitrogens is 6. The summed E-state index contributed by atoms with van der Waals surface area (Å²) in [6, 6.07) is 3.01. The van der Waals surface area contributed by atoms with Gasteiger partial charge in [0.1, 0.15) is 29.1 Å². The number of nitrogens with one attached hydrogen (secondary N) is 1. The predicted octanol–water partition coefficient (Wildman–Crippen LogP) is 2.79. The van der Waals surface area contributed by atoms with Gasteiger partial charge in [-0.15, -0.1) is 0 Å². The van der Waals surface area contributed by atoms with Gasteiger partial charge in [-0.2, -0.15) is 18.3 Å². The molecule has 0 bridgehead atoms. The van der Waals surface area contributed by atoms with Gasteiger partial charge in [0, 0.05) is 19.4 Å². The molecule has 6 heterocycles. The fourth-order valence-corrected chi connectivity index (χ4v) is 5.24. The summed E-state index contributed by atoms with van der Waals surface area (Å²) >= 11 is 0. The molecule has 1 aromatic carbocycles.